The normalized spacial score (nSPS) is 20.7. The summed E-state index contributed by atoms with van der Waals surface area (Å²) >= 11 is 1.67. The van der Waals surface area contributed by atoms with Crippen molar-refractivity contribution in [3.63, 3.8) is 0 Å². The Kier molecular flexibility index (Phi) is 6.18. The maximum absolute atomic E-state index is 10.2. The highest BCUT2D eigenvalue weighted by atomic mass is 32.1. The summed E-state index contributed by atoms with van der Waals surface area (Å²) in [5.41, 5.74) is 0. The average molecular weight is 337 g/mol. The maximum Gasteiger partial charge on any atom is 0.0900 e. The molecule has 126 valence electrons. The summed E-state index contributed by atoms with van der Waals surface area (Å²) in [5.74, 6) is 0. The second-order valence-electron chi connectivity index (χ2n) is 5.73. The highest BCUT2D eigenvalue weighted by Gasteiger charge is 2.22. The van der Waals surface area contributed by atoms with Crippen molar-refractivity contribution in [2.24, 2.45) is 0 Å². The summed E-state index contributed by atoms with van der Waals surface area (Å²) in [7, 11) is 0. The molecule has 0 amide bonds. The van der Waals surface area contributed by atoms with Crippen molar-refractivity contribution in [2.75, 3.05) is 32.8 Å². The molecule has 3 rings (SSSR count). The van der Waals surface area contributed by atoms with Crippen molar-refractivity contribution in [3.05, 3.63) is 40.8 Å². The summed E-state index contributed by atoms with van der Waals surface area (Å²) in [5, 5.41) is 16.4. The van der Waals surface area contributed by atoms with E-state index in [0.29, 0.717) is 26.4 Å². The van der Waals surface area contributed by atoms with Crippen LogP contribution in [0.1, 0.15) is 4.88 Å². The minimum atomic E-state index is -0.474. The fourth-order valence-electron chi connectivity index (χ4n) is 2.71. The van der Waals surface area contributed by atoms with Crippen LogP contribution >= 0.6 is 11.3 Å². The molecular formula is C16H23N3O3S. The molecule has 1 fully saturated rings. The number of hydrogen-bond donors (Lipinski definition) is 1. The molecule has 0 spiro atoms. The first kappa shape index (κ1) is 16.6. The zero-order valence-electron chi connectivity index (χ0n) is 13.1. The molecule has 1 saturated heterocycles. The molecule has 0 saturated carbocycles. The highest BCUT2D eigenvalue weighted by Crippen LogP contribution is 2.11. The molecule has 0 unspecified atom stereocenters. The van der Waals surface area contributed by atoms with E-state index in [0.717, 1.165) is 19.6 Å². The van der Waals surface area contributed by atoms with E-state index in [-0.39, 0.29) is 6.10 Å². The van der Waals surface area contributed by atoms with Gasteiger partial charge in [-0.3, -0.25) is 9.58 Å². The molecule has 0 bridgehead atoms. The van der Waals surface area contributed by atoms with E-state index in [1.54, 1.807) is 17.5 Å². The number of aliphatic hydroxyl groups excluding tert-OH is 1. The largest absolute Gasteiger partial charge is 0.389 e. The van der Waals surface area contributed by atoms with Crippen molar-refractivity contribution < 1.29 is 14.6 Å². The molecule has 2 aromatic heterocycles. The Morgan fingerprint density at radius 1 is 1.48 bits per heavy atom. The van der Waals surface area contributed by atoms with Crippen LogP contribution in [0.25, 0.3) is 0 Å². The lowest BCUT2D eigenvalue weighted by Crippen LogP contribution is -2.47. The predicted molar refractivity (Wildman–Crippen MR) is 88.4 cm³/mol. The Morgan fingerprint density at radius 3 is 3.22 bits per heavy atom. The second-order valence-corrected chi connectivity index (χ2v) is 6.76. The van der Waals surface area contributed by atoms with Crippen LogP contribution in [-0.4, -0.2) is 64.8 Å². The Labute approximate surface area is 140 Å². The zero-order valence-corrected chi connectivity index (χ0v) is 13.9. The first-order valence-corrected chi connectivity index (χ1v) is 8.77. The van der Waals surface area contributed by atoms with Crippen LogP contribution in [0.5, 0.6) is 0 Å². The minimum Gasteiger partial charge on any atom is -0.389 e. The molecule has 0 aliphatic carbocycles. The van der Waals surface area contributed by atoms with Gasteiger partial charge < -0.3 is 14.6 Å². The number of β-amino-alcohol motifs (C(OH)–C–C–N with tert-alkyl or cyclic N) is 1. The van der Waals surface area contributed by atoms with Gasteiger partial charge in [-0.15, -0.1) is 11.3 Å². The highest BCUT2D eigenvalue weighted by molar-refractivity contribution is 7.09. The van der Waals surface area contributed by atoms with Crippen LogP contribution in [0.4, 0.5) is 0 Å². The van der Waals surface area contributed by atoms with Crippen LogP contribution in [0, 0.1) is 0 Å². The molecule has 0 radical (unpaired) electrons. The standard InChI is InChI=1S/C16H23N3O3S/c20-14(12-21-13-16-3-1-8-23-16)9-18-6-7-22-15(10-18)11-19-5-2-4-17-19/h1-5,8,14-15,20H,6-7,9-13H2/t14-,15-/m0/s1. The monoisotopic (exact) mass is 337 g/mol. The molecule has 6 nitrogen and oxygen atoms in total. The molecule has 0 aromatic carbocycles. The summed E-state index contributed by atoms with van der Waals surface area (Å²) in [6.45, 7) is 4.63. The predicted octanol–water partition coefficient (Wildman–Crippen LogP) is 1.22. The van der Waals surface area contributed by atoms with Gasteiger partial charge in [0.1, 0.15) is 0 Å². The average Bonchev–Trinajstić information content (AvgIpc) is 3.21. The third-order valence-electron chi connectivity index (χ3n) is 3.78. The lowest BCUT2D eigenvalue weighted by atomic mass is 10.2. The number of morpholine rings is 1. The van der Waals surface area contributed by atoms with Crippen molar-refractivity contribution in [1.82, 2.24) is 14.7 Å². The van der Waals surface area contributed by atoms with Gasteiger partial charge in [0.05, 0.1) is 38.6 Å². The lowest BCUT2D eigenvalue weighted by Gasteiger charge is -2.33. The Morgan fingerprint density at radius 2 is 2.43 bits per heavy atom. The quantitative estimate of drug-likeness (QED) is 0.785. The fraction of sp³-hybridized carbons (Fsp3) is 0.562. The Hall–Kier alpha value is -1.25. The third-order valence-corrected chi connectivity index (χ3v) is 4.63. The van der Waals surface area contributed by atoms with Gasteiger partial charge in [0, 0.05) is 36.9 Å². The van der Waals surface area contributed by atoms with E-state index in [4.69, 9.17) is 9.47 Å². The number of rotatable bonds is 8. The van der Waals surface area contributed by atoms with Crippen molar-refractivity contribution in [3.8, 4) is 0 Å². The number of ether oxygens (including phenoxy) is 2. The third kappa shape index (κ3) is 5.40. The van der Waals surface area contributed by atoms with Gasteiger partial charge >= 0.3 is 0 Å². The van der Waals surface area contributed by atoms with Crippen molar-refractivity contribution >= 4 is 11.3 Å². The lowest BCUT2D eigenvalue weighted by molar-refractivity contribution is -0.0582. The molecule has 1 aliphatic rings. The number of hydrogen-bond acceptors (Lipinski definition) is 6. The second kappa shape index (κ2) is 8.56. The SMILES string of the molecule is O[C@H](COCc1cccs1)CN1CCO[C@H](Cn2cccn2)C1. The van der Waals surface area contributed by atoms with E-state index >= 15 is 0 Å². The molecule has 23 heavy (non-hydrogen) atoms. The Balaban J connectivity index is 1.36. The maximum atomic E-state index is 10.2. The van der Waals surface area contributed by atoms with E-state index < -0.39 is 6.10 Å². The van der Waals surface area contributed by atoms with Crippen molar-refractivity contribution in [2.45, 2.75) is 25.4 Å². The smallest absolute Gasteiger partial charge is 0.0900 e. The molecule has 2 atom stereocenters. The molecule has 3 heterocycles. The fourth-order valence-corrected chi connectivity index (χ4v) is 3.36. The van der Waals surface area contributed by atoms with Gasteiger partial charge in [0.15, 0.2) is 0 Å². The summed E-state index contributed by atoms with van der Waals surface area (Å²) < 4.78 is 13.2. The van der Waals surface area contributed by atoms with Crippen molar-refractivity contribution in [1.29, 1.82) is 0 Å². The van der Waals surface area contributed by atoms with Gasteiger partial charge in [0.25, 0.3) is 0 Å². The zero-order chi connectivity index (χ0) is 15.9. The molecule has 2 aromatic rings. The number of nitrogens with zero attached hydrogens (tertiary/aromatic N) is 3. The van der Waals surface area contributed by atoms with E-state index in [2.05, 4.69) is 10.00 Å². The molecule has 1 aliphatic heterocycles. The molecule has 7 heteroatoms. The van der Waals surface area contributed by atoms with Gasteiger partial charge in [-0.25, -0.2) is 0 Å². The van der Waals surface area contributed by atoms with Crippen LogP contribution in [-0.2, 0) is 22.6 Å². The van der Waals surface area contributed by atoms with E-state index in [1.807, 2.05) is 34.5 Å². The summed E-state index contributed by atoms with van der Waals surface area (Å²) in [6, 6.07) is 5.96. The van der Waals surface area contributed by atoms with Gasteiger partial charge in [-0.05, 0) is 17.5 Å². The van der Waals surface area contributed by atoms with Crippen LogP contribution < -0.4 is 0 Å². The minimum absolute atomic E-state index is 0.114. The van der Waals surface area contributed by atoms with Crippen LogP contribution in [0.3, 0.4) is 0 Å². The van der Waals surface area contributed by atoms with E-state index in [1.165, 1.54) is 4.88 Å². The van der Waals surface area contributed by atoms with Gasteiger partial charge in [-0.1, -0.05) is 6.07 Å². The van der Waals surface area contributed by atoms with E-state index in [9.17, 15) is 5.11 Å². The number of aliphatic hydroxyl groups is 1. The molecule has 1 N–H and O–H groups in total. The summed E-state index contributed by atoms with van der Waals surface area (Å²) in [4.78, 5) is 3.42. The first-order chi connectivity index (χ1) is 11.3. The Bertz CT molecular complexity index is 547. The molecular weight excluding hydrogens is 314 g/mol. The van der Waals surface area contributed by atoms with Gasteiger partial charge in [0.2, 0.25) is 0 Å². The number of aromatic nitrogens is 2. The topological polar surface area (TPSA) is 59.8 Å². The summed E-state index contributed by atoms with van der Waals surface area (Å²) in [6.07, 6.45) is 3.35. The van der Waals surface area contributed by atoms with Gasteiger partial charge in [-0.2, -0.15) is 5.10 Å². The first-order valence-electron chi connectivity index (χ1n) is 7.89. The van der Waals surface area contributed by atoms with Crippen LogP contribution in [0.2, 0.25) is 0 Å². The number of thiophene rings is 1. The van der Waals surface area contributed by atoms with Crippen LogP contribution in [0.15, 0.2) is 36.0 Å².